The molecule has 2 atom stereocenters. The molecule has 1 N–H and O–H groups in total. The zero-order valence-electron chi connectivity index (χ0n) is 11.0. The molecule has 2 unspecified atom stereocenters. The van der Waals surface area contributed by atoms with Gasteiger partial charge in [0.1, 0.15) is 0 Å². The molecule has 94 valence electrons. The topological polar surface area (TPSA) is 32.3 Å². The molecule has 0 aromatic carbocycles. The fourth-order valence-electron chi connectivity index (χ4n) is 2.20. The van der Waals surface area contributed by atoms with Crippen LogP contribution in [0.15, 0.2) is 0 Å². The van der Waals surface area contributed by atoms with Gasteiger partial charge in [-0.05, 0) is 38.6 Å². The van der Waals surface area contributed by atoms with Gasteiger partial charge in [-0.25, -0.2) is 0 Å². The molecule has 1 fully saturated rings. The van der Waals surface area contributed by atoms with Crippen LogP contribution in [0.5, 0.6) is 0 Å². The molecule has 0 bridgehead atoms. The number of likely N-dealkylation sites (tertiary alicyclic amines) is 1. The second-order valence-electron chi connectivity index (χ2n) is 5.17. The third-order valence-electron chi connectivity index (χ3n) is 3.42. The van der Waals surface area contributed by atoms with Crippen LogP contribution >= 0.6 is 0 Å². The number of carbonyl (C=O) groups is 1. The van der Waals surface area contributed by atoms with Crippen LogP contribution in [0.4, 0.5) is 0 Å². The van der Waals surface area contributed by atoms with Crippen molar-refractivity contribution in [1.29, 1.82) is 0 Å². The number of rotatable bonds is 5. The number of hydrogen-bond donors (Lipinski definition) is 1. The molecule has 1 saturated heterocycles. The van der Waals surface area contributed by atoms with Gasteiger partial charge in [0.25, 0.3) is 0 Å². The van der Waals surface area contributed by atoms with E-state index in [9.17, 15) is 4.79 Å². The Kier molecular flexibility index (Phi) is 5.81. The fourth-order valence-corrected chi connectivity index (χ4v) is 2.20. The minimum atomic E-state index is 0.201. The molecule has 1 rings (SSSR count). The maximum absolute atomic E-state index is 11.6. The van der Waals surface area contributed by atoms with Crippen LogP contribution in [-0.4, -0.2) is 36.5 Å². The molecule has 1 amide bonds. The van der Waals surface area contributed by atoms with E-state index in [4.69, 9.17) is 0 Å². The highest BCUT2D eigenvalue weighted by molar-refractivity contribution is 5.76. The summed E-state index contributed by atoms with van der Waals surface area (Å²) in [4.78, 5) is 14.0. The van der Waals surface area contributed by atoms with Gasteiger partial charge in [-0.2, -0.15) is 0 Å². The van der Waals surface area contributed by atoms with E-state index in [1.54, 1.807) is 0 Å². The van der Waals surface area contributed by atoms with E-state index in [1.165, 1.54) is 19.4 Å². The third-order valence-corrected chi connectivity index (χ3v) is 3.42. The second-order valence-corrected chi connectivity index (χ2v) is 5.17. The summed E-state index contributed by atoms with van der Waals surface area (Å²) in [5, 5.41) is 3.01. The normalized spacial score (nSPS) is 24.1. The number of hydrogen-bond acceptors (Lipinski definition) is 2. The first kappa shape index (κ1) is 13.5. The third kappa shape index (κ3) is 4.97. The van der Waals surface area contributed by atoms with E-state index in [-0.39, 0.29) is 5.91 Å². The first-order chi connectivity index (χ1) is 7.61. The SMILES string of the molecule is CCC(C)NC(=O)CCN1CCCC(C)C1. The molecule has 16 heavy (non-hydrogen) atoms. The first-order valence-corrected chi connectivity index (χ1v) is 6.63. The summed E-state index contributed by atoms with van der Waals surface area (Å²) in [5.74, 6) is 0.999. The van der Waals surface area contributed by atoms with E-state index in [2.05, 4.69) is 31.0 Å². The van der Waals surface area contributed by atoms with Crippen LogP contribution in [0.1, 0.15) is 46.5 Å². The molecule has 0 aromatic heterocycles. The predicted molar refractivity (Wildman–Crippen MR) is 67.4 cm³/mol. The van der Waals surface area contributed by atoms with E-state index in [0.717, 1.165) is 25.4 Å². The van der Waals surface area contributed by atoms with Gasteiger partial charge in [-0.3, -0.25) is 4.79 Å². The number of nitrogens with zero attached hydrogens (tertiary/aromatic N) is 1. The quantitative estimate of drug-likeness (QED) is 0.778. The van der Waals surface area contributed by atoms with Gasteiger partial charge < -0.3 is 10.2 Å². The summed E-state index contributed by atoms with van der Waals surface area (Å²) in [7, 11) is 0. The Bertz CT molecular complexity index is 218. The molecule has 0 saturated carbocycles. The summed E-state index contributed by atoms with van der Waals surface area (Å²) in [6.07, 6.45) is 4.28. The molecule has 0 radical (unpaired) electrons. The lowest BCUT2D eigenvalue weighted by Gasteiger charge is -2.30. The summed E-state index contributed by atoms with van der Waals surface area (Å²) >= 11 is 0. The van der Waals surface area contributed by atoms with Crippen LogP contribution in [0.2, 0.25) is 0 Å². The van der Waals surface area contributed by atoms with Crippen molar-refractivity contribution in [3.63, 3.8) is 0 Å². The standard InChI is InChI=1S/C13H26N2O/c1-4-12(3)14-13(16)7-9-15-8-5-6-11(2)10-15/h11-12H,4-10H2,1-3H3,(H,14,16). The fraction of sp³-hybridized carbons (Fsp3) is 0.923. The van der Waals surface area contributed by atoms with E-state index in [1.807, 2.05) is 0 Å². The molecular weight excluding hydrogens is 200 g/mol. The number of amides is 1. The highest BCUT2D eigenvalue weighted by Gasteiger charge is 2.16. The molecule has 0 aromatic rings. The first-order valence-electron chi connectivity index (χ1n) is 6.63. The van der Waals surface area contributed by atoms with Crippen molar-refractivity contribution in [1.82, 2.24) is 10.2 Å². The minimum Gasteiger partial charge on any atom is -0.354 e. The van der Waals surface area contributed by atoms with Crippen LogP contribution in [-0.2, 0) is 4.79 Å². The Morgan fingerprint density at radius 2 is 2.31 bits per heavy atom. The number of nitrogens with one attached hydrogen (secondary N) is 1. The number of piperidine rings is 1. The lowest BCUT2D eigenvalue weighted by Crippen LogP contribution is -2.38. The summed E-state index contributed by atoms with van der Waals surface area (Å²) in [6, 6.07) is 0.313. The Labute approximate surface area is 99.6 Å². The van der Waals surface area contributed by atoms with Gasteiger partial charge in [0.05, 0.1) is 0 Å². The Morgan fingerprint density at radius 1 is 1.56 bits per heavy atom. The van der Waals surface area contributed by atoms with Crippen molar-refractivity contribution >= 4 is 5.91 Å². The second kappa shape index (κ2) is 6.89. The molecule has 1 aliphatic rings. The average molecular weight is 226 g/mol. The highest BCUT2D eigenvalue weighted by Crippen LogP contribution is 2.15. The monoisotopic (exact) mass is 226 g/mol. The van der Waals surface area contributed by atoms with Crippen molar-refractivity contribution < 1.29 is 4.79 Å². The van der Waals surface area contributed by atoms with Gasteiger partial charge in [-0.1, -0.05) is 13.8 Å². The molecule has 0 spiro atoms. The van der Waals surface area contributed by atoms with Gasteiger partial charge in [0, 0.05) is 25.6 Å². The van der Waals surface area contributed by atoms with Crippen LogP contribution in [0, 0.1) is 5.92 Å². The van der Waals surface area contributed by atoms with E-state index >= 15 is 0 Å². The highest BCUT2D eigenvalue weighted by atomic mass is 16.1. The van der Waals surface area contributed by atoms with E-state index in [0.29, 0.717) is 12.5 Å². The van der Waals surface area contributed by atoms with E-state index < -0.39 is 0 Å². The predicted octanol–water partition coefficient (Wildman–Crippen LogP) is 2.02. The van der Waals surface area contributed by atoms with Crippen LogP contribution in [0.3, 0.4) is 0 Å². The lowest BCUT2D eigenvalue weighted by atomic mass is 10.0. The molecule has 3 heteroatoms. The lowest BCUT2D eigenvalue weighted by molar-refractivity contribution is -0.122. The van der Waals surface area contributed by atoms with Gasteiger partial charge >= 0.3 is 0 Å². The zero-order chi connectivity index (χ0) is 12.0. The van der Waals surface area contributed by atoms with Crippen LogP contribution in [0.25, 0.3) is 0 Å². The molecule has 0 aliphatic carbocycles. The van der Waals surface area contributed by atoms with Crippen molar-refractivity contribution in [3.05, 3.63) is 0 Å². The van der Waals surface area contributed by atoms with Crippen molar-refractivity contribution in [2.75, 3.05) is 19.6 Å². The van der Waals surface area contributed by atoms with Crippen molar-refractivity contribution in [2.24, 2.45) is 5.92 Å². The minimum absolute atomic E-state index is 0.201. The molecule has 1 aliphatic heterocycles. The summed E-state index contributed by atoms with van der Waals surface area (Å²) in [6.45, 7) is 9.70. The smallest absolute Gasteiger partial charge is 0.221 e. The van der Waals surface area contributed by atoms with Gasteiger partial charge in [0.15, 0.2) is 0 Å². The van der Waals surface area contributed by atoms with Crippen molar-refractivity contribution in [2.45, 2.75) is 52.5 Å². The zero-order valence-corrected chi connectivity index (χ0v) is 11.0. The summed E-state index contributed by atoms with van der Waals surface area (Å²) < 4.78 is 0. The van der Waals surface area contributed by atoms with Gasteiger partial charge in [0.2, 0.25) is 5.91 Å². The summed E-state index contributed by atoms with van der Waals surface area (Å²) in [5.41, 5.74) is 0. The van der Waals surface area contributed by atoms with Gasteiger partial charge in [-0.15, -0.1) is 0 Å². The maximum Gasteiger partial charge on any atom is 0.221 e. The Hall–Kier alpha value is -0.570. The Morgan fingerprint density at radius 3 is 2.94 bits per heavy atom. The molecule has 1 heterocycles. The molecular formula is C13H26N2O. The average Bonchev–Trinajstić information content (AvgIpc) is 2.26. The molecule has 3 nitrogen and oxygen atoms in total. The van der Waals surface area contributed by atoms with Crippen LogP contribution < -0.4 is 5.32 Å². The largest absolute Gasteiger partial charge is 0.354 e. The Balaban J connectivity index is 2.15. The maximum atomic E-state index is 11.6. The number of carbonyl (C=O) groups excluding carboxylic acids is 1. The van der Waals surface area contributed by atoms with Crippen molar-refractivity contribution in [3.8, 4) is 0 Å².